The number of hydrogen-bond donors (Lipinski definition) is 1. The van der Waals surface area contributed by atoms with Crippen LogP contribution in [-0.2, 0) is 6.54 Å². The third-order valence-electron chi connectivity index (χ3n) is 4.04. The summed E-state index contributed by atoms with van der Waals surface area (Å²) in [6.45, 7) is 4.68. The minimum Gasteiger partial charge on any atom is -0.315 e. The molecule has 17 heavy (non-hydrogen) atoms. The molecular formula is C14H21ClN2. The normalized spacial score (nSPS) is 22.8. The highest BCUT2D eigenvalue weighted by atomic mass is 35.5. The first-order valence-corrected chi connectivity index (χ1v) is 6.39. The first-order chi connectivity index (χ1) is 7.89. The zero-order valence-corrected chi connectivity index (χ0v) is 11.0. The monoisotopic (exact) mass is 252 g/mol. The lowest BCUT2D eigenvalue weighted by Gasteiger charge is -2.29. The molecule has 2 fully saturated rings. The standard InChI is InChI=1S/C14H20N2.ClH/c1-2-4-13(5-3-1)12-16-11-10-15-9-8-14(16)6-7-14;/h1-5,15H,6-12H2;1H. The van der Waals surface area contributed by atoms with Crippen molar-refractivity contribution in [3.05, 3.63) is 35.9 Å². The molecule has 1 spiro atoms. The van der Waals surface area contributed by atoms with Crippen LogP contribution in [0.5, 0.6) is 0 Å². The quantitative estimate of drug-likeness (QED) is 0.870. The third-order valence-corrected chi connectivity index (χ3v) is 4.04. The maximum Gasteiger partial charge on any atom is 0.0239 e. The van der Waals surface area contributed by atoms with E-state index in [1.807, 2.05) is 0 Å². The van der Waals surface area contributed by atoms with Gasteiger partial charge in [0.15, 0.2) is 0 Å². The Morgan fingerprint density at radius 2 is 1.82 bits per heavy atom. The van der Waals surface area contributed by atoms with Crippen molar-refractivity contribution in [2.24, 2.45) is 0 Å². The fourth-order valence-electron chi connectivity index (χ4n) is 2.82. The number of rotatable bonds is 2. The summed E-state index contributed by atoms with van der Waals surface area (Å²) in [7, 11) is 0. The minimum atomic E-state index is 0. The maximum atomic E-state index is 3.52. The molecule has 0 amide bonds. The van der Waals surface area contributed by atoms with Crippen LogP contribution in [0.4, 0.5) is 0 Å². The number of nitrogens with one attached hydrogen (secondary N) is 1. The number of halogens is 1. The van der Waals surface area contributed by atoms with Gasteiger partial charge >= 0.3 is 0 Å². The lowest BCUT2D eigenvalue weighted by Crippen LogP contribution is -2.37. The molecule has 1 aliphatic heterocycles. The van der Waals surface area contributed by atoms with Crippen LogP contribution in [0.2, 0.25) is 0 Å². The molecule has 0 atom stereocenters. The van der Waals surface area contributed by atoms with E-state index in [2.05, 4.69) is 40.5 Å². The molecule has 2 aliphatic rings. The number of nitrogens with zero attached hydrogens (tertiary/aromatic N) is 1. The fourth-order valence-corrected chi connectivity index (χ4v) is 2.82. The van der Waals surface area contributed by atoms with Crippen LogP contribution in [0.15, 0.2) is 30.3 Å². The number of hydrogen-bond acceptors (Lipinski definition) is 2. The molecule has 0 bridgehead atoms. The average molecular weight is 253 g/mol. The second-order valence-electron chi connectivity index (χ2n) is 5.13. The van der Waals surface area contributed by atoms with Crippen LogP contribution >= 0.6 is 12.4 Å². The summed E-state index contributed by atoms with van der Waals surface area (Å²) < 4.78 is 0. The van der Waals surface area contributed by atoms with E-state index in [1.54, 1.807) is 0 Å². The SMILES string of the molecule is Cl.c1ccc(CN2CCNCCC23CC3)cc1. The van der Waals surface area contributed by atoms with Gasteiger partial charge < -0.3 is 5.32 Å². The Kier molecular flexibility index (Phi) is 4.08. The van der Waals surface area contributed by atoms with E-state index in [-0.39, 0.29) is 12.4 Å². The summed E-state index contributed by atoms with van der Waals surface area (Å²) in [6.07, 6.45) is 4.14. The molecule has 0 unspecified atom stereocenters. The Labute approximate surface area is 110 Å². The highest BCUT2D eigenvalue weighted by Gasteiger charge is 2.47. The molecule has 1 aliphatic carbocycles. The van der Waals surface area contributed by atoms with Crippen LogP contribution in [0, 0.1) is 0 Å². The van der Waals surface area contributed by atoms with Crippen molar-refractivity contribution in [1.82, 2.24) is 10.2 Å². The largest absolute Gasteiger partial charge is 0.315 e. The maximum absolute atomic E-state index is 3.52. The molecule has 1 aromatic carbocycles. The fraction of sp³-hybridized carbons (Fsp3) is 0.571. The van der Waals surface area contributed by atoms with E-state index in [4.69, 9.17) is 0 Å². The summed E-state index contributed by atoms with van der Waals surface area (Å²) in [4.78, 5) is 2.70. The van der Waals surface area contributed by atoms with Crippen molar-refractivity contribution in [2.75, 3.05) is 19.6 Å². The Balaban J connectivity index is 0.00000108. The van der Waals surface area contributed by atoms with Crippen molar-refractivity contribution in [3.8, 4) is 0 Å². The molecule has 94 valence electrons. The molecule has 1 N–H and O–H groups in total. The summed E-state index contributed by atoms with van der Waals surface area (Å²) in [6, 6.07) is 10.9. The molecule has 2 nitrogen and oxygen atoms in total. The Morgan fingerprint density at radius 3 is 2.53 bits per heavy atom. The van der Waals surface area contributed by atoms with Crippen molar-refractivity contribution in [1.29, 1.82) is 0 Å². The van der Waals surface area contributed by atoms with Gasteiger partial charge in [0.1, 0.15) is 0 Å². The molecule has 0 radical (unpaired) electrons. The molecule has 3 heteroatoms. The summed E-state index contributed by atoms with van der Waals surface area (Å²) in [5, 5.41) is 3.52. The van der Waals surface area contributed by atoms with Gasteiger partial charge in [-0.2, -0.15) is 0 Å². The van der Waals surface area contributed by atoms with Gasteiger partial charge in [-0.25, -0.2) is 0 Å². The Morgan fingerprint density at radius 1 is 1.06 bits per heavy atom. The topological polar surface area (TPSA) is 15.3 Å². The lowest BCUT2D eigenvalue weighted by atomic mass is 10.1. The lowest BCUT2D eigenvalue weighted by molar-refractivity contribution is 0.177. The van der Waals surface area contributed by atoms with Crippen LogP contribution in [0.3, 0.4) is 0 Å². The van der Waals surface area contributed by atoms with Crippen LogP contribution in [-0.4, -0.2) is 30.1 Å². The summed E-state index contributed by atoms with van der Waals surface area (Å²) in [5.41, 5.74) is 2.01. The minimum absolute atomic E-state index is 0. The van der Waals surface area contributed by atoms with Gasteiger partial charge in [0.2, 0.25) is 0 Å². The second-order valence-corrected chi connectivity index (χ2v) is 5.13. The Hall–Kier alpha value is -0.570. The predicted molar refractivity (Wildman–Crippen MR) is 73.6 cm³/mol. The second kappa shape index (κ2) is 5.38. The van der Waals surface area contributed by atoms with Crippen molar-refractivity contribution in [3.63, 3.8) is 0 Å². The van der Waals surface area contributed by atoms with Gasteiger partial charge in [0.25, 0.3) is 0 Å². The van der Waals surface area contributed by atoms with E-state index in [1.165, 1.54) is 37.9 Å². The van der Waals surface area contributed by atoms with Gasteiger partial charge in [-0.15, -0.1) is 12.4 Å². The van der Waals surface area contributed by atoms with E-state index in [0.717, 1.165) is 13.1 Å². The number of benzene rings is 1. The van der Waals surface area contributed by atoms with Crippen LogP contribution in [0.1, 0.15) is 24.8 Å². The first kappa shape index (κ1) is 12.9. The smallest absolute Gasteiger partial charge is 0.0239 e. The predicted octanol–water partition coefficient (Wildman–Crippen LogP) is 2.44. The molecule has 1 saturated heterocycles. The molecular weight excluding hydrogens is 232 g/mol. The molecule has 1 aromatic rings. The van der Waals surface area contributed by atoms with Gasteiger partial charge in [-0.3, -0.25) is 4.90 Å². The van der Waals surface area contributed by atoms with Crippen molar-refractivity contribution < 1.29 is 0 Å². The zero-order valence-electron chi connectivity index (χ0n) is 10.2. The van der Waals surface area contributed by atoms with Crippen molar-refractivity contribution >= 4 is 12.4 Å². The van der Waals surface area contributed by atoms with Gasteiger partial charge in [0.05, 0.1) is 0 Å². The highest BCUT2D eigenvalue weighted by molar-refractivity contribution is 5.85. The zero-order chi connectivity index (χ0) is 10.8. The van der Waals surface area contributed by atoms with Gasteiger partial charge in [-0.05, 0) is 31.4 Å². The van der Waals surface area contributed by atoms with E-state index in [0.29, 0.717) is 5.54 Å². The van der Waals surface area contributed by atoms with Gasteiger partial charge in [0, 0.05) is 25.2 Å². The average Bonchev–Trinajstić information content (AvgIpc) is 3.12. The van der Waals surface area contributed by atoms with Crippen molar-refractivity contribution in [2.45, 2.75) is 31.3 Å². The third kappa shape index (κ3) is 2.82. The summed E-state index contributed by atoms with van der Waals surface area (Å²) >= 11 is 0. The Bertz CT molecular complexity index is 348. The van der Waals surface area contributed by atoms with E-state index >= 15 is 0 Å². The van der Waals surface area contributed by atoms with E-state index < -0.39 is 0 Å². The first-order valence-electron chi connectivity index (χ1n) is 6.39. The summed E-state index contributed by atoms with van der Waals surface area (Å²) in [5.74, 6) is 0. The molecule has 1 heterocycles. The molecule has 0 aromatic heterocycles. The molecule has 3 rings (SSSR count). The van der Waals surface area contributed by atoms with E-state index in [9.17, 15) is 0 Å². The molecule has 1 saturated carbocycles. The van der Waals surface area contributed by atoms with Gasteiger partial charge in [-0.1, -0.05) is 30.3 Å². The van der Waals surface area contributed by atoms with Crippen LogP contribution < -0.4 is 5.32 Å². The van der Waals surface area contributed by atoms with Crippen LogP contribution in [0.25, 0.3) is 0 Å². The highest BCUT2D eigenvalue weighted by Crippen LogP contribution is 2.45.